The lowest BCUT2D eigenvalue weighted by atomic mass is 9.99. The van der Waals surface area contributed by atoms with E-state index >= 15 is 0 Å². The summed E-state index contributed by atoms with van der Waals surface area (Å²) in [5.41, 5.74) is 5.09. The van der Waals surface area contributed by atoms with Gasteiger partial charge < -0.3 is 10.8 Å². The maximum absolute atomic E-state index is 12.4. The quantitative estimate of drug-likeness (QED) is 0.697. The molecular formula is C6H14ClF2NO. The lowest BCUT2D eigenvalue weighted by Crippen LogP contribution is -2.47. The van der Waals surface area contributed by atoms with Crippen LogP contribution in [0.5, 0.6) is 0 Å². The van der Waals surface area contributed by atoms with E-state index in [2.05, 4.69) is 0 Å². The molecule has 70 valence electrons. The number of alkyl halides is 2. The minimum atomic E-state index is -3.14. The average Bonchev–Trinajstić information content (AvgIpc) is 1.86. The minimum Gasteiger partial charge on any atom is -0.390 e. The highest BCUT2D eigenvalue weighted by molar-refractivity contribution is 5.85. The van der Waals surface area contributed by atoms with Crippen LogP contribution in [0.4, 0.5) is 8.78 Å². The minimum absolute atomic E-state index is 0. The summed E-state index contributed by atoms with van der Waals surface area (Å²) in [6.07, 6.45) is 0. The Morgan fingerprint density at radius 1 is 1.45 bits per heavy atom. The number of halogens is 3. The van der Waals surface area contributed by atoms with Gasteiger partial charge in [0.1, 0.15) is 6.61 Å². The van der Waals surface area contributed by atoms with Crippen molar-refractivity contribution in [2.75, 3.05) is 6.61 Å². The molecule has 0 aliphatic heterocycles. The van der Waals surface area contributed by atoms with Crippen LogP contribution in [0.2, 0.25) is 0 Å². The van der Waals surface area contributed by atoms with Gasteiger partial charge in [0.05, 0.1) is 6.04 Å². The van der Waals surface area contributed by atoms with E-state index in [4.69, 9.17) is 10.8 Å². The first-order chi connectivity index (χ1) is 4.41. The van der Waals surface area contributed by atoms with E-state index in [-0.39, 0.29) is 18.3 Å². The zero-order chi connectivity index (χ0) is 8.36. The van der Waals surface area contributed by atoms with Gasteiger partial charge in [0.15, 0.2) is 0 Å². The molecule has 0 spiro atoms. The summed E-state index contributed by atoms with van der Waals surface area (Å²) >= 11 is 0. The van der Waals surface area contributed by atoms with Gasteiger partial charge in [-0.05, 0) is 5.92 Å². The van der Waals surface area contributed by atoms with Gasteiger partial charge >= 0.3 is 0 Å². The van der Waals surface area contributed by atoms with E-state index in [0.29, 0.717) is 0 Å². The van der Waals surface area contributed by atoms with Crippen molar-refractivity contribution in [3.05, 3.63) is 0 Å². The summed E-state index contributed by atoms with van der Waals surface area (Å²) in [5, 5.41) is 8.18. The van der Waals surface area contributed by atoms with Crippen molar-refractivity contribution in [2.45, 2.75) is 25.8 Å². The number of hydrogen-bond donors (Lipinski definition) is 2. The fourth-order valence-electron chi connectivity index (χ4n) is 0.593. The Kier molecular flexibility index (Phi) is 6.02. The average molecular weight is 190 g/mol. The van der Waals surface area contributed by atoms with Crippen LogP contribution in [-0.2, 0) is 0 Å². The molecule has 0 saturated carbocycles. The Morgan fingerprint density at radius 3 is 1.91 bits per heavy atom. The Morgan fingerprint density at radius 2 is 1.82 bits per heavy atom. The first-order valence-corrected chi connectivity index (χ1v) is 3.16. The summed E-state index contributed by atoms with van der Waals surface area (Å²) in [5.74, 6) is -3.46. The zero-order valence-electron chi connectivity index (χ0n) is 6.55. The van der Waals surface area contributed by atoms with Gasteiger partial charge in [-0.1, -0.05) is 13.8 Å². The first kappa shape index (κ1) is 13.6. The number of nitrogens with two attached hydrogens (primary N) is 1. The molecular weight excluding hydrogens is 176 g/mol. The molecule has 0 aromatic rings. The fourth-order valence-corrected chi connectivity index (χ4v) is 0.593. The second-order valence-corrected chi connectivity index (χ2v) is 2.69. The van der Waals surface area contributed by atoms with Crippen LogP contribution in [0.3, 0.4) is 0 Å². The molecule has 1 atom stereocenters. The smallest absolute Gasteiger partial charge is 0.285 e. The van der Waals surface area contributed by atoms with Gasteiger partial charge in [-0.2, -0.15) is 0 Å². The standard InChI is InChI=1S/C6H13F2NO.ClH/c1-4(2)5(9)6(7,8)3-10;/h4-5,10H,3,9H2,1-2H3;1H/t5-;/m0./s1. The molecule has 3 N–H and O–H groups in total. The second-order valence-electron chi connectivity index (χ2n) is 2.69. The monoisotopic (exact) mass is 189 g/mol. The molecule has 0 aliphatic carbocycles. The van der Waals surface area contributed by atoms with Crippen molar-refractivity contribution in [1.82, 2.24) is 0 Å². The molecule has 0 aromatic heterocycles. The molecule has 0 rings (SSSR count). The van der Waals surface area contributed by atoms with E-state index in [9.17, 15) is 8.78 Å². The lowest BCUT2D eigenvalue weighted by Gasteiger charge is -2.24. The van der Waals surface area contributed by atoms with Gasteiger partial charge in [0.2, 0.25) is 0 Å². The number of aliphatic hydroxyl groups excluding tert-OH is 1. The normalized spacial score (nSPS) is 14.5. The van der Waals surface area contributed by atoms with Crippen LogP contribution in [0.15, 0.2) is 0 Å². The molecule has 0 saturated heterocycles. The molecule has 2 nitrogen and oxygen atoms in total. The second kappa shape index (κ2) is 4.85. The third-order valence-electron chi connectivity index (χ3n) is 1.42. The van der Waals surface area contributed by atoms with Crippen molar-refractivity contribution >= 4 is 12.4 Å². The molecule has 0 radical (unpaired) electrons. The lowest BCUT2D eigenvalue weighted by molar-refractivity contribution is -0.0801. The molecule has 0 amide bonds. The predicted molar refractivity (Wildman–Crippen MR) is 42.1 cm³/mol. The van der Waals surface area contributed by atoms with Crippen molar-refractivity contribution in [3.63, 3.8) is 0 Å². The molecule has 11 heavy (non-hydrogen) atoms. The summed E-state index contributed by atoms with van der Waals surface area (Å²) in [4.78, 5) is 0. The Labute approximate surface area is 71.2 Å². The van der Waals surface area contributed by atoms with Crippen LogP contribution >= 0.6 is 12.4 Å². The summed E-state index contributed by atoms with van der Waals surface area (Å²) in [6, 6.07) is -1.25. The Bertz CT molecular complexity index is 111. The molecule has 5 heteroatoms. The first-order valence-electron chi connectivity index (χ1n) is 3.16. The van der Waals surface area contributed by atoms with Gasteiger partial charge in [0.25, 0.3) is 5.92 Å². The summed E-state index contributed by atoms with van der Waals surface area (Å²) < 4.78 is 24.8. The van der Waals surface area contributed by atoms with Crippen molar-refractivity contribution < 1.29 is 13.9 Å². The molecule has 0 fully saturated rings. The van der Waals surface area contributed by atoms with E-state index < -0.39 is 18.6 Å². The number of hydrogen-bond acceptors (Lipinski definition) is 2. The van der Waals surface area contributed by atoms with Crippen LogP contribution in [0.25, 0.3) is 0 Å². The Hall–Kier alpha value is 0.0700. The SMILES string of the molecule is CC(C)[C@H](N)C(F)(F)CO.Cl. The molecule has 0 bridgehead atoms. The highest BCUT2D eigenvalue weighted by Gasteiger charge is 2.37. The van der Waals surface area contributed by atoms with Crippen LogP contribution < -0.4 is 5.73 Å². The van der Waals surface area contributed by atoms with Gasteiger partial charge in [-0.15, -0.1) is 12.4 Å². The third-order valence-corrected chi connectivity index (χ3v) is 1.42. The Balaban J connectivity index is 0. The van der Waals surface area contributed by atoms with Gasteiger partial charge in [-0.3, -0.25) is 0 Å². The summed E-state index contributed by atoms with van der Waals surface area (Å²) in [7, 11) is 0. The van der Waals surface area contributed by atoms with Crippen molar-refractivity contribution in [1.29, 1.82) is 0 Å². The van der Waals surface area contributed by atoms with Crippen LogP contribution in [0, 0.1) is 5.92 Å². The fraction of sp³-hybridized carbons (Fsp3) is 1.00. The molecule has 0 aromatic carbocycles. The topological polar surface area (TPSA) is 46.2 Å². The molecule has 0 heterocycles. The van der Waals surface area contributed by atoms with Gasteiger partial charge in [-0.25, -0.2) is 8.78 Å². The molecule has 0 unspecified atom stereocenters. The zero-order valence-corrected chi connectivity index (χ0v) is 7.37. The maximum atomic E-state index is 12.4. The van der Waals surface area contributed by atoms with Crippen molar-refractivity contribution in [3.8, 4) is 0 Å². The third kappa shape index (κ3) is 3.84. The van der Waals surface area contributed by atoms with E-state index in [0.717, 1.165) is 0 Å². The highest BCUT2D eigenvalue weighted by atomic mass is 35.5. The maximum Gasteiger partial charge on any atom is 0.285 e. The van der Waals surface area contributed by atoms with Crippen molar-refractivity contribution in [2.24, 2.45) is 11.7 Å². The highest BCUT2D eigenvalue weighted by Crippen LogP contribution is 2.20. The number of aliphatic hydroxyl groups is 1. The van der Waals surface area contributed by atoms with E-state index in [1.165, 1.54) is 0 Å². The van der Waals surface area contributed by atoms with Crippen LogP contribution in [0.1, 0.15) is 13.8 Å². The van der Waals surface area contributed by atoms with Crippen LogP contribution in [-0.4, -0.2) is 23.7 Å². The summed E-state index contributed by atoms with van der Waals surface area (Å²) in [6.45, 7) is 2.01. The predicted octanol–water partition coefficient (Wildman–Crippen LogP) is 1.02. The van der Waals surface area contributed by atoms with Gasteiger partial charge in [0, 0.05) is 0 Å². The largest absolute Gasteiger partial charge is 0.390 e. The molecule has 0 aliphatic rings. The van der Waals surface area contributed by atoms with E-state index in [1.807, 2.05) is 0 Å². The van der Waals surface area contributed by atoms with E-state index in [1.54, 1.807) is 13.8 Å². The number of rotatable bonds is 3.